The summed E-state index contributed by atoms with van der Waals surface area (Å²) in [6.07, 6.45) is 0.836. The van der Waals surface area contributed by atoms with E-state index in [2.05, 4.69) is 15.9 Å². The van der Waals surface area contributed by atoms with Crippen molar-refractivity contribution in [3.63, 3.8) is 0 Å². The summed E-state index contributed by atoms with van der Waals surface area (Å²) in [5.74, 6) is 0.271. The number of rotatable bonds is 2. The first-order valence-corrected chi connectivity index (χ1v) is 4.75. The van der Waals surface area contributed by atoms with E-state index in [0.29, 0.717) is 0 Å². The van der Waals surface area contributed by atoms with Gasteiger partial charge in [-0.05, 0) is 13.3 Å². The van der Waals surface area contributed by atoms with E-state index in [1.807, 2.05) is 34.6 Å². The molecule has 0 saturated carbocycles. The van der Waals surface area contributed by atoms with E-state index in [4.69, 9.17) is 0 Å². The van der Waals surface area contributed by atoms with Crippen LogP contribution in [0.15, 0.2) is 0 Å². The van der Waals surface area contributed by atoms with Gasteiger partial charge in [-0.1, -0.05) is 43.6 Å². The zero-order chi connectivity index (χ0) is 9.28. The highest BCUT2D eigenvalue weighted by molar-refractivity contribution is 9.10. The predicted molar refractivity (Wildman–Crippen MR) is 52.1 cm³/mol. The molecule has 2 heteroatoms. The van der Waals surface area contributed by atoms with Gasteiger partial charge in [0.15, 0.2) is 5.78 Å². The van der Waals surface area contributed by atoms with Crippen LogP contribution in [0.5, 0.6) is 0 Å². The molecule has 0 aromatic heterocycles. The molecule has 0 fully saturated rings. The van der Waals surface area contributed by atoms with E-state index >= 15 is 0 Å². The summed E-state index contributed by atoms with van der Waals surface area (Å²) in [7, 11) is 0. The summed E-state index contributed by atoms with van der Waals surface area (Å²) in [6.45, 7) is 9.79. The minimum absolute atomic E-state index is 0.242. The number of alkyl halides is 1. The highest BCUT2D eigenvalue weighted by Crippen LogP contribution is 2.31. The second-order valence-corrected chi connectivity index (χ2v) is 5.88. The standard InChI is InChI=1S/C9H17BrO/c1-6-9(5,10)7(11)8(2,3)4/h6H2,1-5H3. The lowest BCUT2D eigenvalue weighted by molar-refractivity contribution is -0.128. The molecule has 0 aliphatic rings. The number of halogens is 1. The average molecular weight is 221 g/mol. The van der Waals surface area contributed by atoms with Gasteiger partial charge in [0.1, 0.15) is 0 Å². The van der Waals surface area contributed by atoms with Crippen molar-refractivity contribution < 1.29 is 4.79 Å². The molecular formula is C9H17BrO. The third kappa shape index (κ3) is 2.94. The minimum atomic E-state index is -0.342. The summed E-state index contributed by atoms with van der Waals surface area (Å²) in [5, 5.41) is 0. The molecule has 0 amide bonds. The van der Waals surface area contributed by atoms with Crippen molar-refractivity contribution in [2.75, 3.05) is 0 Å². The Bertz CT molecular complexity index is 153. The second-order valence-electron chi connectivity index (χ2n) is 4.13. The van der Waals surface area contributed by atoms with Gasteiger partial charge in [0, 0.05) is 5.41 Å². The lowest BCUT2D eigenvalue weighted by atomic mass is 9.83. The summed E-state index contributed by atoms with van der Waals surface area (Å²) in [4.78, 5) is 11.7. The first kappa shape index (κ1) is 11.2. The zero-order valence-electron chi connectivity index (χ0n) is 7.99. The first-order valence-electron chi connectivity index (χ1n) is 3.95. The third-order valence-electron chi connectivity index (χ3n) is 1.82. The van der Waals surface area contributed by atoms with Gasteiger partial charge in [0.05, 0.1) is 4.32 Å². The topological polar surface area (TPSA) is 17.1 Å². The Labute approximate surface area is 77.7 Å². The molecule has 0 spiro atoms. The Kier molecular flexibility index (Phi) is 3.30. The Hall–Kier alpha value is 0.150. The quantitative estimate of drug-likeness (QED) is 0.654. The lowest BCUT2D eigenvalue weighted by Crippen LogP contribution is -2.37. The summed E-state index contributed by atoms with van der Waals surface area (Å²) < 4.78 is -0.342. The van der Waals surface area contributed by atoms with Gasteiger partial charge in [-0.15, -0.1) is 0 Å². The van der Waals surface area contributed by atoms with E-state index in [0.717, 1.165) is 6.42 Å². The summed E-state index contributed by atoms with van der Waals surface area (Å²) >= 11 is 3.43. The largest absolute Gasteiger partial charge is 0.298 e. The smallest absolute Gasteiger partial charge is 0.154 e. The molecule has 0 rings (SSSR count). The van der Waals surface area contributed by atoms with Gasteiger partial charge in [0.2, 0.25) is 0 Å². The van der Waals surface area contributed by atoms with Crippen LogP contribution in [0.1, 0.15) is 41.0 Å². The highest BCUT2D eigenvalue weighted by Gasteiger charge is 2.35. The van der Waals surface area contributed by atoms with Crippen molar-refractivity contribution in [1.82, 2.24) is 0 Å². The van der Waals surface area contributed by atoms with Crippen LogP contribution in [0.3, 0.4) is 0 Å². The second kappa shape index (κ2) is 3.26. The van der Waals surface area contributed by atoms with Crippen molar-refractivity contribution in [2.24, 2.45) is 5.41 Å². The summed E-state index contributed by atoms with van der Waals surface area (Å²) in [5.41, 5.74) is -0.242. The average Bonchev–Trinajstić information content (AvgIpc) is 1.84. The molecule has 0 aromatic rings. The number of ketones is 1. The maximum Gasteiger partial charge on any atom is 0.154 e. The van der Waals surface area contributed by atoms with E-state index in [1.54, 1.807) is 0 Å². The molecule has 0 N–H and O–H groups in total. The highest BCUT2D eigenvalue weighted by atomic mass is 79.9. The maximum atomic E-state index is 11.7. The Morgan fingerprint density at radius 1 is 1.27 bits per heavy atom. The van der Waals surface area contributed by atoms with Crippen LogP contribution in [-0.4, -0.2) is 10.1 Å². The molecule has 0 saturated heterocycles. The minimum Gasteiger partial charge on any atom is -0.298 e. The fourth-order valence-electron chi connectivity index (χ4n) is 0.942. The molecule has 1 atom stereocenters. The van der Waals surface area contributed by atoms with Crippen LogP contribution in [-0.2, 0) is 4.79 Å². The Morgan fingerprint density at radius 2 is 1.64 bits per heavy atom. The van der Waals surface area contributed by atoms with Crippen LogP contribution in [0.2, 0.25) is 0 Å². The monoisotopic (exact) mass is 220 g/mol. The maximum absolute atomic E-state index is 11.7. The van der Waals surface area contributed by atoms with Crippen molar-refractivity contribution in [1.29, 1.82) is 0 Å². The van der Waals surface area contributed by atoms with Crippen LogP contribution >= 0.6 is 15.9 Å². The van der Waals surface area contributed by atoms with Crippen LogP contribution in [0, 0.1) is 5.41 Å². The Balaban J connectivity index is 4.50. The van der Waals surface area contributed by atoms with E-state index in [9.17, 15) is 4.79 Å². The molecule has 0 radical (unpaired) electrons. The van der Waals surface area contributed by atoms with Gasteiger partial charge in [-0.3, -0.25) is 4.79 Å². The lowest BCUT2D eigenvalue weighted by Gasteiger charge is -2.27. The van der Waals surface area contributed by atoms with E-state index in [-0.39, 0.29) is 15.5 Å². The van der Waals surface area contributed by atoms with E-state index in [1.165, 1.54) is 0 Å². The normalized spacial score (nSPS) is 17.6. The Morgan fingerprint density at radius 3 is 1.73 bits per heavy atom. The summed E-state index contributed by atoms with van der Waals surface area (Å²) in [6, 6.07) is 0. The molecule has 66 valence electrons. The van der Waals surface area contributed by atoms with Crippen molar-refractivity contribution in [3.8, 4) is 0 Å². The van der Waals surface area contributed by atoms with Crippen LogP contribution in [0.25, 0.3) is 0 Å². The molecule has 0 heterocycles. The number of Topliss-reactive ketones (excluding diaryl/α,β-unsaturated/α-hetero) is 1. The molecule has 0 aliphatic heterocycles. The van der Waals surface area contributed by atoms with Crippen molar-refractivity contribution in [3.05, 3.63) is 0 Å². The number of carbonyl (C=O) groups is 1. The van der Waals surface area contributed by atoms with Crippen molar-refractivity contribution >= 4 is 21.7 Å². The number of carbonyl (C=O) groups excluding carboxylic acids is 1. The number of hydrogen-bond donors (Lipinski definition) is 0. The zero-order valence-corrected chi connectivity index (χ0v) is 9.58. The molecule has 1 nitrogen and oxygen atoms in total. The molecule has 11 heavy (non-hydrogen) atoms. The molecular weight excluding hydrogens is 204 g/mol. The fraction of sp³-hybridized carbons (Fsp3) is 0.889. The van der Waals surface area contributed by atoms with Gasteiger partial charge < -0.3 is 0 Å². The predicted octanol–water partition coefficient (Wildman–Crippen LogP) is 3.17. The fourth-order valence-corrected chi connectivity index (χ4v) is 1.54. The first-order chi connectivity index (χ1) is 4.72. The molecule has 0 aliphatic carbocycles. The molecule has 0 aromatic carbocycles. The number of hydrogen-bond acceptors (Lipinski definition) is 1. The van der Waals surface area contributed by atoms with Gasteiger partial charge in [0.25, 0.3) is 0 Å². The van der Waals surface area contributed by atoms with Gasteiger partial charge >= 0.3 is 0 Å². The van der Waals surface area contributed by atoms with E-state index < -0.39 is 0 Å². The van der Waals surface area contributed by atoms with Gasteiger partial charge in [-0.2, -0.15) is 0 Å². The van der Waals surface area contributed by atoms with Crippen molar-refractivity contribution in [2.45, 2.75) is 45.4 Å². The van der Waals surface area contributed by atoms with Crippen LogP contribution in [0.4, 0.5) is 0 Å². The van der Waals surface area contributed by atoms with Crippen LogP contribution < -0.4 is 0 Å². The molecule has 1 unspecified atom stereocenters. The van der Waals surface area contributed by atoms with Gasteiger partial charge in [-0.25, -0.2) is 0 Å². The third-order valence-corrected chi connectivity index (χ3v) is 2.74. The SMILES string of the molecule is CCC(C)(Br)C(=O)C(C)(C)C. The molecule has 0 bridgehead atoms.